The van der Waals surface area contributed by atoms with Gasteiger partial charge in [0.15, 0.2) is 5.44 Å². The standard InChI is InChI=1S/C27H43NO6S/c1-22(2)7-6-11-30-13-14-31-12-10-25(29)17-24-8-5-9-26(18-24)34-20-27(35-21-28)33-16-15-32-19-23(3)4/h5,8-9,18,22-23,27H,6-7,10-17,19-20H2,1-4H3. The van der Waals surface area contributed by atoms with Crippen LogP contribution in [0, 0.1) is 22.5 Å². The van der Waals surface area contributed by atoms with Crippen LogP contribution in [0.4, 0.5) is 0 Å². The number of thiocyanates is 1. The van der Waals surface area contributed by atoms with Crippen molar-refractivity contribution in [2.24, 2.45) is 11.8 Å². The molecule has 7 nitrogen and oxygen atoms in total. The van der Waals surface area contributed by atoms with Crippen LogP contribution in [0.25, 0.3) is 0 Å². The summed E-state index contributed by atoms with van der Waals surface area (Å²) in [6.45, 7) is 12.6. The molecule has 0 radical (unpaired) electrons. The molecule has 0 aliphatic heterocycles. The zero-order valence-electron chi connectivity index (χ0n) is 21.8. The number of nitriles is 1. The molecule has 1 aromatic carbocycles. The number of carbonyl (C=O) groups is 1. The molecule has 1 unspecified atom stereocenters. The van der Waals surface area contributed by atoms with Gasteiger partial charge >= 0.3 is 0 Å². The minimum absolute atomic E-state index is 0.114. The molecule has 1 rings (SSSR count). The smallest absolute Gasteiger partial charge is 0.151 e. The van der Waals surface area contributed by atoms with Gasteiger partial charge in [-0.2, -0.15) is 5.26 Å². The minimum Gasteiger partial charge on any atom is -0.490 e. The predicted molar refractivity (Wildman–Crippen MR) is 140 cm³/mol. The molecule has 0 spiro atoms. The monoisotopic (exact) mass is 509 g/mol. The van der Waals surface area contributed by atoms with Crippen molar-refractivity contribution >= 4 is 17.5 Å². The van der Waals surface area contributed by atoms with Crippen molar-refractivity contribution in [3.63, 3.8) is 0 Å². The van der Waals surface area contributed by atoms with E-state index in [-0.39, 0.29) is 12.4 Å². The van der Waals surface area contributed by atoms with E-state index in [1.165, 1.54) is 6.42 Å². The van der Waals surface area contributed by atoms with Gasteiger partial charge in [-0.05, 0) is 54.1 Å². The van der Waals surface area contributed by atoms with Gasteiger partial charge in [0.05, 0.1) is 33.0 Å². The Morgan fingerprint density at radius 2 is 1.69 bits per heavy atom. The van der Waals surface area contributed by atoms with Crippen LogP contribution in [0.2, 0.25) is 0 Å². The number of hydrogen-bond donors (Lipinski definition) is 0. The van der Waals surface area contributed by atoms with Gasteiger partial charge in [0.1, 0.15) is 23.5 Å². The van der Waals surface area contributed by atoms with Crippen LogP contribution in [0.15, 0.2) is 24.3 Å². The van der Waals surface area contributed by atoms with Crippen LogP contribution < -0.4 is 4.74 Å². The first-order chi connectivity index (χ1) is 16.9. The second kappa shape index (κ2) is 20.6. The van der Waals surface area contributed by atoms with E-state index in [2.05, 4.69) is 33.1 Å². The maximum Gasteiger partial charge on any atom is 0.151 e. The van der Waals surface area contributed by atoms with Gasteiger partial charge in [-0.15, -0.1) is 0 Å². The Morgan fingerprint density at radius 3 is 2.40 bits per heavy atom. The summed E-state index contributed by atoms with van der Waals surface area (Å²) in [6.07, 6.45) is 2.93. The maximum absolute atomic E-state index is 12.3. The van der Waals surface area contributed by atoms with E-state index in [0.717, 1.165) is 30.4 Å². The second-order valence-electron chi connectivity index (χ2n) is 9.16. The van der Waals surface area contributed by atoms with Crippen LogP contribution in [-0.4, -0.2) is 64.1 Å². The van der Waals surface area contributed by atoms with Crippen molar-refractivity contribution < 1.29 is 28.5 Å². The first-order valence-corrected chi connectivity index (χ1v) is 13.4. The van der Waals surface area contributed by atoms with Gasteiger partial charge in [-0.25, -0.2) is 0 Å². The molecule has 0 amide bonds. The quantitative estimate of drug-likeness (QED) is 0.119. The molecule has 0 saturated heterocycles. The first kappa shape index (κ1) is 31.4. The van der Waals surface area contributed by atoms with E-state index in [1.807, 2.05) is 24.3 Å². The van der Waals surface area contributed by atoms with E-state index in [0.29, 0.717) is 70.1 Å². The number of carbonyl (C=O) groups excluding carboxylic acids is 1. The molecule has 0 aliphatic carbocycles. The normalized spacial score (nSPS) is 12.1. The van der Waals surface area contributed by atoms with Gasteiger partial charge in [0, 0.05) is 26.1 Å². The van der Waals surface area contributed by atoms with Crippen molar-refractivity contribution in [2.45, 2.75) is 58.8 Å². The summed E-state index contributed by atoms with van der Waals surface area (Å²) in [6, 6.07) is 7.44. The lowest BCUT2D eigenvalue weighted by Crippen LogP contribution is -2.20. The van der Waals surface area contributed by atoms with Gasteiger partial charge in [-0.3, -0.25) is 4.79 Å². The average Bonchev–Trinajstić information content (AvgIpc) is 2.81. The first-order valence-electron chi connectivity index (χ1n) is 12.5. The lowest BCUT2D eigenvalue weighted by Gasteiger charge is -2.16. The summed E-state index contributed by atoms with van der Waals surface area (Å²) < 4.78 is 28.1. The Morgan fingerprint density at radius 1 is 0.943 bits per heavy atom. The molecule has 0 saturated carbocycles. The molecule has 0 heterocycles. The fraction of sp³-hybridized carbons (Fsp3) is 0.704. The number of Topliss-reactive ketones (excluding diaryl/α,β-unsaturated/α-hetero) is 1. The molecule has 1 atom stereocenters. The number of nitrogens with zero attached hydrogens (tertiary/aromatic N) is 1. The van der Waals surface area contributed by atoms with Gasteiger partial charge in [-0.1, -0.05) is 39.8 Å². The van der Waals surface area contributed by atoms with Gasteiger partial charge in [0.25, 0.3) is 0 Å². The Bertz CT molecular complexity index is 722. The van der Waals surface area contributed by atoms with Crippen LogP contribution in [0.5, 0.6) is 5.75 Å². The molecule has 0 aromatic heterocycles. The molecule has 1 aromatic rings. The largest absolute Gasteiger partial charge is 0.490 e. The number of ketones is 1. The highest BCUT2D eigenvalue weighted by Gasteiger charge is 2.12. The Kier molecular flexibility index (Phi) is 18.4. The summed E-state index contributed by atoms with van der Waals surface area (Å²) in [5.74, 6) is 1.93. The fourth-order valence-corrected chi connectivity index (χ4v) is 3.48. The lowest BCUT2D eigenvalue weighted by molar-refractivity contribution is -0.119. The van der Waals surface area contributed by atoms with Crippen LogP contribution >= 0.6 is 11.8 Å². The van der Waals surface area contributed by atoms with Gasteiger partial charge < -0.3 is 23.7 Å². The van der Waals surface area contributed by atoms with Crippen molar-refractivity contribution in [1.29, 1.82) is 5.26 Å². The summed E-state index contributed by atoms with van der Waals surface area (Å²) in [5, 5.41) is 11.1. The Hall–Kier alpha value is -1.63. The third-order valence-corrected chi connectivity index (χ3v) is 5.46. The maximum atomic E-state index is 12.3. The molecular formula is C27H43NO6S. The summed E-state index contributed by atoms with van der Waals surface area (Å²) in [4.78, 5) is 12.3. The summed E-state index contributed by atoms with van der Waals surface area (Å²) in [7, 11) is 0. The van der Waals surface area contributed by atoms with Crippen LogP contribution in [-0.2, 0) is 30.2 Å². The van der Waals surface area contributed by atoms with Crippen molar-refractivity contribution in [3.8, 4) is 11.2 Å². The van der Waals surface area contributed by atoms with E-state index < -0.39 is 5.44 Å². The van der Waals surface area contributed by atoms with Crippen LogP contribution in [0.3, 0.4) is 0 Å². The predicted octanol–water partition coefficient (Wildman–Crippen LogP) is 5.27. The Labute approximate surface area is 215 Å². The molecule has 8 heteroatoms. The zero-order chi connectivity index (χ0) is 25.7. The van der Waals surface area contributed by atoms with Crippen LogP contribution in [0.1, 0.15) is 52.5 Å². The zero-order valence-corrected chi connectivity index (χ0v) is 22.6. The molecule has 0 bridgehead atoms. The number of hydrogen-bond acceptors (Lipinski definition) is 8. The van der Waals surface area contributed by atoms with Crippen molar-refractivity contribution in [2.75, 3.05) is 52.9 Å². The highest BCUT2D eigenvalue weighted by Crippen LogP contribution is 2.18. The topological polar surface area (TPSA) is 87.0 Å². The number of ether oxygens (including phenoxy) is 5. The molecule has 198 valence electrons. The van der Waals surface area contributed by atoms with E-state index >= 15 is 0 Å². The summed E-state index contributed by atoms with van der Waals surface area (Å²) >= 11 is 1.02. The van der Waals surface area contributed by atoms with E-state index in [1.54, 1.807) is 0 Å². The van der Waals surface area contributed by atoms with E-state index in [9.17, 15) is 4.79 Å². The minimum atomic E-state index is -0.413. The Balaban J connectivity index is 2.25. The molecule has 0 N–H and O–H groups in total. The average molecular weight is 510 g/mol. The van der Waals surface area contributed by atoms with Gasteiger partial charge in [0.2, 0.25) is 0 Å². The number of benzene rings is 1. The molecule has 35 heavy (non-hydrogen) atoms. The second-order valence-corrected chi connectivity index (χ2v) is 10.1. The lowest BCUT2D eigenvalue weighted by atomic mass is 10.1. The highest BCUT2D eigenvalue weighted by atomic mass is 32.2. The van der Waals surface area contributed by atoms with Crippen molar-refractivity contribution in [3.05, 3.63) is 29.8 Å². The molecule has 0 aliphatic rings. The third kappa shape index (κ3) is 18.3. The summed E-state index contributed by atoms with van der Waals surface area (Å²) in [5.41, 5.74) is 0.470. The molecular weight excluding hydrogens is 466 g/mol. The van der Waals surface area contributed by atoms with Crippen molar-refractivity contribution in [1.82, 2.24) is 0 Å². The molecule has 0 fully saturated rings. The van der Waals surface area contributed by atoms with E-state index in [4.69, 9.17) is 28.9 Å². The SMILES string of the molecule is CC(C)CCCOCCOCCC(=O)Cc1cccc(OCC(OCCOCC(C)C)SC#N)c1. The number of rotatable bonds is 22. The fourth-order valence-electron chi connectivity index (χ4n) is 3.06. The number of thioether (sulfide) groups is 1. The third-order valence-electron chi connectivity index (χ3n) is 4.82. The highest BCUT2D eigenvalue weighted by molar-refractivity contribution is 8.04.